The summed E-state index contributed by atoms with van der Waals surface area (Å²) in [4.78, 5) is 35.0. The number of carbonyl (C=O) groups excluding carboxylic acids is 1. The molecule has 1 aromatic heterocycles. The average molecular weight is 559 g/mol. The van der Waals surface area contributed by atoms with Gasteiger partial charge in [0.1, 0.15) is 11.9 Å². The summed E-state index contributed by atoms with van der Waals surface area (Å²) in [5.41, 5.74) is 0.465. The number of alkyl halides is 2. The Hall–Kier alpha value is -3.69. The van der Waals surface area contributed by atoms with Crippen LogP contribution < -0.4 is 5.32 Å². The third-order valence-electron chi connectivity index (χ3n) is 7.48. The van der Waals surface area contributed by atoms with E-state index in [0.717, 1.165) is 0 Å². The number of carboxylic acid groups (broad SMARTS) is 1. The van der Waals surface area contributed by atoms with E-state index in [1.54, 1.807) is 22.5 Å². The molecule has 4 atom stereocenters. The number of carboxylic acids is 1. The quantitative estimate of drug-likeness (QED) is 0.394. The van der Waals surface area contributed by atoms with Crippen LogP contribution in [0.1, 0.15) is 47.9 Å². The van der Waals surface area contributed by atoms with Crippen LogP contribution in [0, 0.1) is 24.1 Å². The summed E-state index contributed by atoms with van der Waals surface area (Å²) in [7, 11) is 1.19. The maximum Gasteiger partial charge on any atom is 0.338 e. The van der Waals surface area contributed by atoms with E-state index >= 15 is 8.78 Å². The molecule has 8 nitrogen and oxygen atoms in total. The third kappa shape index (κ3) is 5.04. The van der Waals surface area contributed by atoms with Gasteiger partial charge in [-0.25, -0.2) is 22.9 Å². The summed E-state index contributed by atoms with van der Waals surface area (Å²) >= 11 is 1.28. The van der Waals surface area contributed by atoms with Crippen molar-refractivity contribution in [1.29, 1.82) is 0 Å². The number of terminal acetylenes is 1. The second-order valence-electron chi connectivity index (χ2n) is 9.82. The molecule has 0 spiro atoms. The van der Waals surface area contributed by atoms with E-state index in [-0.39, 0.29) is 53.5 Å². The fourth-order valence-electron chi connectivity index (χ4n) is 5.89. The Kier molecular flexibility index (Phi) is 7.22. The predicted molar refractivity (Wildman–Crippen MR) is 137 cm³/mol. The molecule has 2 N–H and O–H groups in total. The minimum atomic E-state index is -3.02. The van der Waals surface area contributed by atoms with E-state index in [2.05, 4.69) is 21.2 Å². The van der Waals surface area contributed by atoms with E-state index in [4.69, 9.17) is 11.2 Å². The van der Waals surface area contributed by atoms with Crippen LogP contribution in [0.5, 0.6) is 0 Å². The summed E-state index contributed by atoms with van der Waals surface area (Å²) in [6.07, 6.45) is 6.91. The van der Waals surface area contributed by atoms with Gasteiger partial charge in [-0.2, -0.15) is 0 Å². The number of hydrogen-bond acceptors (Lipinski definition) is 8. The summed E-state index contributed by atoms with van der Waals surface area (Å²) in [6.45, 7) is -0.0866. The highest BCUT2D eigenvalue weighted by molar-refractivity contribution is 7.11. The Morgan fingerprint density at radius 3 is 2.79 bits per heavy atom. The molecule has 204 valence electrons. The minimum absolute atomic E-state index is 0.0125. The number of aliphatic imine (C=N–C) groups is 1. The number of rotatable bonds is 7. The first kappa shape index (κ1) is 26.9. The second kappa shape index (κ2) is 10.5. The van der Waals surface area contributed by atoms with Gasteiger partial charge >= 0.3 is 11.9 Å². The summed E-state index contributed by atoms with van der Waals surface area (Å²) < 4.78 is 50.0. The Labute approximate surface area is 226 Å². The molecule has 2 bridgehead atoms. The van der Waals surface area contributed by atoms with Crippen molar-refractivity contribution in [2.45, 2.75) is 49.7 Å². The zero-order valence-corrected chi connectivity index (χ0v) is 21.7. The van der Waals surface area contributed by atoms with Gasteiger partial charge in [-0.15, -0.1) is 17.8 Å². The van der Waals surface area contributed by atoms with Gasteiger partial charge in [-0.05, 0) is 30.4 Å². The third-order valence-corrected chi connectivity index (χ3v) is 8.26. The van der Waals surface area contributed by atoms with Crippen LogP contribution in [0.4, 0.5) is 13.2 Å². The maximum absolute atomic E-state index is 15.1. The molecule has 0 saturated carbocycles. The number of esters is 1. The highest BCUT2D eigenvalue weighted by Crippen LogP contribution is 2.49. The van der Waals surface area contributed by atoms with Gasteiger partial charge in [0.15, 0.2) is 10.8 Å². The van der Waals surface area contributed by atoms with E-state index in [1.807, 2.05) is 0 Å². The molecule has 5 rings (SSSR count). The summed E-state index contributed by atoms with van der Waals surface area (Å²) in [6, 6.07) is 1.34. The lowest BCUT2D eigenvalue weighted by Crippen LogP contribution is -2.50. The number of aromatic nitrogens is 1. The van der Waals surface area contributed by atoms with Gasteiger partial charge in [-0.3, -0.25) is 14.7 Å². The fraction of sp³-hybridized carbons (Fsp3) is 0.407. The number of piperidine rings is 1. The molecule has 1 aromatic carbocycles. The zero-order valence-electron chi connectivity index (χ0n) is 20.9. The predicted octanol–water partition coefficient (Wildman–Crippen LogP) is 3.74. The molecular formula is C27H25F3N4O4S. The first-order valence-electron chi connectivity index (χ1n) is 12.3. The van der Waals surface area contributed by atoms with Crippen LogP contribution in [0.3, 0.4) is 0 Å². The van der Waals surface area contributed by atoms with Crippen molar-refractivity contribution in [1.82, 2.24) is 15.2 Å². The van der Waals surface area contributed by atoms with Crippen molar-refractivity contribution in [3.8, 4) is 12.3 Å². The minimum Gasteiger partial charge on any atom is -0.481 e. The average Bonchev–Trinajstić information content (AvgIpc) is 3.47. The summed E-state index contributed by atoms with van der Waals surface area (Å²) in [5.74, 6) is -3.24. The van der Waals surface area contributed by atoms with Crippen LogP contribution >= 0.6 is 11.3 Å². The van der Waals surface area contributed by atoms with Crippen molar-refractivity contribution >= 4 is 29.1 Å². The molecule has 4 heterocycles. The molecule has 0 amide bonds. The normalized spacial score (nSPS) is 26.0. The van der Waals surface area contributed by atoms with Crippen molar-refractivity contribution in [2.24, 2.45) is 10.9 Å². The molecule has 2 fully saturated rings. The van der Waals surface area contributed by atoms with Crippen LogP contribution in [0.15, 0.2) is 46.0 Å². The monoisotopic (exact) mass is 558 g/mol. The number of nitrogens with zero attached hydrogens (tertiary/aromatic N) is 3. The number of hydrogen-bond donors (Lipinski definition) is 2. The molecule has 3 aliphatic rings. The Balaban J connectivity index is 1.60. The Morgan fingerprint density at radius 2 is 2.15 bits per heavy atom. The van der Waals surface area contributed by atoms with Gasteiger partial charge in [0.2, 0.25) is 0 Å². The Morgan fingerprint density at radius 1 is 1.36 bits per heavy atom. The zero-order chi connectivity index (χ0) is 27.9. The van der Waals surface area contributed by atoms with Gasteiger partial charge in [0.05, 0.1) is 24.3 Å². The highest BCUT2D eigenvalue weighted by atomic mass is 32.1. The smallest absolute Gasteiger partial charge is 0.338 e. The number of halogens is 3. The molecule has 2 saturated heterocycles. The van der Waals surface area contributed by atoms with Crippen molar-refractivity contribution in [3.05, 3.63) is 63.0 Å². The van der Waals surface area contributed by atoms with Crippen LogP contribution in [0.25, 0.3) is 0 Å². The lowest BCUT2D eigenvalue weighted by atomic mass is 9.87. The molecule has 0 radical (unpaired) electrons. The summed E-state index contributed by atoms with van der Waals surface area (Å²) in [5, 5.41) is 14.6. The standard InChI is InChI=1S/C27H25F3N4O4S/c1-3-16-17(5-4-6-18(16)28)23-22(26(37)38-2)19(32-24(33-23)25-31-7-8-39-25)13-34-15-9-14(11-21(35)36)10-20(34)27(29,30)12-15/h1,4-8,14-15,20,23H,9-13H2,2H3,(H,32,33)(H,35,36)/t14-,15+,20-,23-/m0/s1. The maximum atomic E-state index is 15.1. The molecule has 0 unspecified atom stereocenters. The van der Waals surface area contributed by atoms with Gasteiger partial charge in [-0.1, -0.05) is 18.1 Å². The molecule has 0 aliphatic carbocycles. The number of amidine groups is 1. The number of carbonyl (C=O) groups is 2. The largest absolute Gasteiger partial charge is 0.481 e. The SMILES string of the molecule is C#Cc1c(F)cccc1[C@@H]1N=C(c2nccs2)NC(CN2[C@@H]3C[C@H](CC(=O)O)C[C@H]2C(F)(F)C3)=C1C(=O)OC. The molecule has 12 heteroatoms. The number of benzene rings is 1. The van der Waals surface area contributed by atoms with Gasteiger partial charge in [0.25, 0.3) is 5.92 Å². The van der Waals surface area contributed by atoms with Crippen molar-refractivity contribution < 1.29 is 32.6 Å². The highest BCUT2D eigenvalue weighted by Gasteiger charge is 2.57. The molecular weight excluding hydrogens is 533 g/mol. The van der Waals surface area contributed by atoms with Gasteiger partial charge < -0.3 is 15.2 Å². The molecule has 2 aromatic rings. The van der Waals surface area contributed by atoms with Crippen LogP contribution in [-0.2, 0) is 14.3 Å². The van der Waals surface area contributed by atoms with E-state index in [0.29, 0.717) is 11.4 Å². The number of ether oxygens (including phenoxy) is 1. The van der Waals surface area contributed by atoms with Crippen LogP contribution in [-0.4, -0.2) is 64.4 Å². The lowest BCUT2D eigenvalue weighted by molar-refractivity contribution is -0.139. The second-order valence-corrected chi connectivity index (χ2v) is 10.7. The lowest BCUT2D eigenvalue weighted by Gasteiger charge is -2.40. The van der Waals surface area contributed by atoms with Crippen molar-refractivity contribution in [3.63, 3.8) is 0 Å². The number of methoxy groups -OCH3 is 1. The first-order valence-corrected chi connectivity index (χ1v) is 13.2. The van der Waals surface area contributed by atoms with E-state index in [1.165, 1.54) is 30.6 Å². The number of nitrogens with one attached hydrogen (secondary N) is 1. The topological polar surface area (TPSA) is 104 Å². The molecule has 3 aliphatic heterocycles. The molecule has 39 heavy (non-hydrogen) atoms. The van der Waals surface area contributed by atoms with Crippen LogP contribution in [0.2, 0.25) is 0 Å². The van der Waals surface area contributed by atoms with Crippen molar-refractivity contribution in [2.75, 3.05) is 13.7 Å². The number of fused-ring (bicyclic) bond motifs is 2. The Bertz CT molecular complexity index is 1400. The number of aliphatic carboxylic acids is 1. The fourth-order valence-corrected chi connectivity index (χ4v) is 6.48. The first-order chi connectivity index (χ1) is 18.6. The van der Waals surface area contributed by atoms with Gasteiger partial charge in [0, 0.05) is 42.7 Å². The number of thiazole rings is 1. The van der Waals surface area contributed by atoms with E-state index < -0.39 is 48.2 Å². The van der Waals surface area contributed by atoms with E-state index in [9.17, 15) is 19.1 Å².